The molecule has 1 amide bonds. The van der Waals surface area contributed by atoms with Crippen molar-refractivity contribution in [3.63, 3.8) is 0 Å². The molecule has 3 heteroatoms. The van der Waals surface area contributed by atoms with E-state index in [9.17, 15) is 4.79 Å². The maximum atomic E-state index is 12.4. The van der Waals surface area contributed by atoms with Gasteiger partial charge in [0, 0.05) is 18.5 Å². The van der Waals surface area contributed by atoms with E-state index < -0.39 is 0 Å². The van der Waals surface area contributed by atoms with Gasteiger partial charge in [-0.1, -0.05) is 19.8 Å². The fourth-order valence-electron chi connectivity index (χ4n) is 2.51. The van der Waals surface area contributed by atoms with Gasteiger partial charge in [0.25, 0.3) is 0 Å². The van der Waals surface area contributed by atoms with Crippen LogP contribution in [0.2, 0.25) is 0 Å². The summed E-state index contributed by atoms with van der Waals surface area (Å²) in [6.45, 7) is 4.75. The minimum absolute atomic E-state index is 0.215. The van der Waals surface area contributed by atoms with Crippen molar-refractivity contribution in [3.8, 4) is 0 Å². The molecule has 17 heavy (non-hydrogen) atoms. The lowest BCUT2D eigenvalue weighted by Crippen LogP contribution is -2.35. The largest absolute Gasteiger partial charge is 0.445 e. The Morgan fingerprint density at radius 3 is 2.65 bits per heavy atom. The molecule has 0 unspecified atom stereocenters. The standard InChI is InChI=1S/C14H21NO2/c1-3-10-15(13-9-8-11(2)17-13)14(16)12-6-4-5-7-12/h8-9,12H,3-7,10H2,1-2H3. The molecule has 94 valence electrons. The number of carbonyl (C=O) groups is 1. The third-order valence-corrected chi connectivity index (χ3v) is 3.41. The van der Waals surface area contributed by atoms with Gasteiger partial charge in [-0.3, -0.25) is 9.69 Å². The summed E-state index contributed by atoms with van der Waals surface area (Å²) >= 11 is 0. The smallest absolute Gasteiger partial charge is 0.232 e. The molecule has 0 aromatic carbocycles. The first kappa shape index (κ1) is 12.2. The number of aryl methyl sites for hydroxylation is 1. The molecule has 1 heterocycles. The van der Waals surface area contributed by atoms with Crippen LogP contribution in [0.3, 0.4) is 0 Å². The lowest BCUT2D eigenvalue weighted by Gasteiger charge is -2.22. The molecule has 0 radical (unpaired) electrons. The van der Waals surface area contributed by atoms with Crippen LogP contribution >= 0.6 is 0 Å². The lowest BCUT2D eigenvalue weighted by molar-refractivity contribution is -0.122. The molecule has 1 aliphatic carbocycles. The summed E-state index contributed by atoms with van der Waals surface area (Å²) in [6, 6.07) is 3.82. The third kappa shape index (κ3) is 2.71. The molecule has 0 aliphatic heterocycles. The quantitative estimate of drug-likeness (QED) is 0.800. The molecule has 3 nitrogen and oxygen atoms in total. The summed E-state index contributed by atoms with van der Waals surface area (Å²) in [6.07, 6.45) is 5.41. The first-order valence-corrected chi connectivity index (χ1v) is 6.60. The van der Waals surface area contributed by atoms with Crippen LogP contribution in [-0.4, -0.2) is 12.5 Å². The van der Waals surface area contributed by atoms with E-state index in [1.807, 2.05) is 24.0 Å². The molecule has 0 saturated heterocycles. The van der Waals surface area contributed by atoms with E-state index in [0.29, 0.717) is 5.88 Å². The molecule has 0 bridgehead atoms. The van der Waals surface area contributed by atoms with E-state index >= 15 is 0 Å². The van der Waals surface area contributed by atoms with Gasteiger partial charge in [-0.05, 0) is 32.3 Å². The first-order valence-electron chi connectivity index (χ1n) is 6.60. The molecule has 1 aromatic rings. The van der Waals surface area contributed by atoms with Gasteiger partial charge in [-0.25, -0.2) is 0 Å². The molecule has 1 aromatic heterocycles. The van der Waals surface area contributed by atoms with Gasteiger partial charge in [0.15, 0.2) is 0 Å². The third-order valence-electron chi connectivity index (χ3n) is 3.41. The fourth-order valence-corrected chi connectivity index (χ4v) is 2.51. The van der Waals surface area contributed by atoms with Gasteiger partial charge in [0.05, 0.1) is 0 Å². The van der Waals surface area contributed by atoms with Gasteiger partial charge in [-0.15, -0.1) is 0 Å². The molecule has 0 N–H and O–H groups in total. The molecule has 0 spiro atoms. The molecule has 0 atom stereocenters. The number of hydrogen-bond donors (Lipinski definition) is 0. The SMILES string of the molecule is CCCN(C(=O)C1CCCC1)c1ccc(C)o1. The molecule has 1 saturated carbocycles. The van der Waals surface area contributed by atoms with Crippen molar-refractivity contribution in [2.75, 3.05) is 11.4 Å². The van der Waals surface area contributed by atoms with Crippen molar-refractivity contribution in [1.29, 1.82) is 0 Å². The molecule has 1 fully saturated rings. The van der Waals surface area contributed by atoms with E-state index in [0.717, 1.165) is 31.6 Å². The highest BCUT2D eigenvalue weighted by Crippen LogP contribution is 2.29. The van der Waals surface area contributed by atoms with Crippen LogP contribution < -0.4 is 4.90 Å². The van der Waals surface area contributed by atoms with Crippen LogP contribution in [-0.2, 0) is 4.79 Å². The van der Waals surface area contributed by atoms with Crippen LogP contribution in [0.1, 0.15) is 44.8 Å². The lowest BCUT2D eigenvalue weighted by atomic mass is 10.1. The Morgan fingerprint density at radius 1 is 1.41 bits per heavy atom. The van der Waals surface area contributed by atoms with Crippen LogP contribution in [0, 0.1) is 12.8 Å². The maximum absolute atomic E-state index is 12.4. The monoisotopic (exact) mass is 235 g/mol. The van der Waals surface area contributed by atoms with Gasteiger partial charge in [-0.2, -0.15) is 0 Å². The van der Waals surface area contributed by atoms with Crippen molar-refractivity contribution < 1.29 is 9.21 Å². The summed E-state index contributed by atoms with van der Waals surface area (Å²) in [5.74, 6) is 2.03. The highest BCUT2D eigenvalue weighted by Gasteiger charge is 2.28. The summed E-state index contributed by atoms with van der Waals surface area (Å²) < 4.78 is 5.58. The maximum Gasteiger partial charge on any atom is 0.232 e. The Hall–Kier alpha value is -1.25. The van der Waals surface area contributed by atoms with Crippen LogP contribution in [0.4, 0.5) is 5.88 Å². The molecular formula is C14H21NO2. The van der Waals surface area contributed by atoms with Gasteiger partial charge >= 0.3 is 0 Å². The minimum Gasteiger partial charge on any atom is -0.445 e. The molecule has 2 rings (SSSR count). The highest BCUT2D eigenvalue weighted by atomic mass is 16.4. The second kappa shape index (κ2) is 5.39. The molecule has 1 aliphatic rings. The summed E-state index contributed by atoms with van der Waals surface area (Å²) in [4.78, 5) is 14.2. The zero-order valence-electron chi connectivity index (χ0n) is 10.7. The minimum atomic E-state index is 0.215. The Morgan fingerprint density at radius 2 is 2.12 bits per heavy atom. The topological polar surface area (TPSA) is 33.5 Å². The zero-order valence-corrected chi connectivity index (χ0v) is 10.7. The van der Waals surface area contributed by atoms with Crippen molar-refractivity contribution in [2.24, 2.45) is 5.92 Å². The molecular weight excluding hydrogens is 214 g/mol. The highest BCUT2D eigenvalue weighted by molar-refractivity contribution is 5.93. The summed E-state index contributed by atoms with van der Waals surface area (Å²) in [5.41, 5.74) is 0. The van der Waals surface area contributed by atoms with E-state index in [4.69, 9.17) is 4.42 Å². The average molecular weight is 235 g/mol. The van der Waals surface area contributed by atoms with Crippen molar-refractivity contribution in [1.82, 2.24) is 0 Å². The number of hydrogen-bond acceptors (Lipinski definition) is 2. The van der Waals surface area contributed by atoms with E-state index in [1.165, 1.54) is 12.8 Å². The number of anilines is 1. The van der Waals surface area contributed by atoms with Gasteiger partial charge in [0.2, 0.25) is 11.8 Å². The normalized spacial score (nSPS) is 16.4. The van der Waals surface area contributed by atoms with Crippen molar-refractivity contribution in [3.05, 3.63) is 17.9 Å². The van der Waals surface area contributed by atoms with E-state index in [2.05, 4.69) is 6.92 Å². The second-order valence-corrected chi connectivity index (χ2v) is 4.86. The van der Waals surface area contributed by atoms with Crippen molar-refractivity contribution in [2.45, 2.75) is 46.0 Å². The number of carbonyl (C=O) groups excluding carboxylic acids is 1. The number of amides is 1. The number of rotatable bonds is 4. The van der Waals surface area contributed by atoms with E-state index in [-0.39, 0.29) is 11.8 Å². The van der Waals surface area contributed by atoms with Gasteiger partial charge < -0.3 is 4.42 Å². The van der Waals surface area contributed by atoms with Crippen LogP contribution in [0.15, 0.2) is 16.5 Å². The predicted molar refractivity (Wildman–Crippen MR) is 68.0 cm³/mol. The second-order valence-electron chi connectivity index (χ2n) is 4.86. The van der Waals surface area contributed by atoms with Crippen LogP contribution in [0.25, 0.3) is 0 Å². The summed E-state index contributed by atoms with van der Waals surface area (Å²) in [5, 5.41) is 0. The van der Waals surface area contributed by atoms with E-state index in [1.54, 1.807) is 0 Å². The Balaban J connectivity index is 2.13. The van der Waals surface area contributed by atoms with Crippen LogP contribution in [0.5, 0.6) is 0 Å². The predicted octanol–water partition coefficient (Wildman–Crippen LogP) is 3.52. The Labute approximate surface area is 103 Å². The Bertz CT molecular complexity index is 377. The summed E-state index contributed by atoms with van der Waals surface area (Å²) in [7, 11) is 0. The van der Waals surface area contributed by atoms with Gasteiger partial charge in [0.1, 0.15) is 5.76 Å². The fraction of sp³-hybridized carbons (Fsp3) is 0.643. The first-order chi connectivity index (χ1) is 8.22. The van der Waals surface area contributed by atoms with Crippen molar-refractivity contribution >= 4 is 11.8 Å². The zero-order chi connectivity index (χ0) is 12.3. The average Bonchev–Trinajstić information content (AvgIpc) is 2.95. The number of nitrogens with zero attached hydrogens (tertiary/aromatic N) is 1. The number of furan rings is 1. The Kier molecular flexibility index (Phi) is 3.87.